The summed E-state index contributed by atoms with van der Waals surface area (Å²) in [4.78, 5) is 64.3. The van der Waals surface area contributed by atoms with Gasteiger partial charge in [-0.05, 0) is 102 Å². The fourth-order valence-corrected chi connectivity index (χ4v) is 14.1. The van der Waals surface area contributed by atoms with Crippen molar-refractivity contribution in [2.24, 2.45) is 10.8 Å². The van der Waals surface area contributed by atoms with E-state index in [1.54, 1.807) is 12.1 Å². The first-order valence-electron chi connectivity index (χ1n) is 28.2. The van der Waals surface area contributed by atoms with Crippen LogP contribution in [0.3, 0.4) is 0 Å². The summed E-state index contributed by atoms with van der Waals surface area (Å²) in [7, 11) is 3.72. The summed E-state index contributed by atoms with van der Waals surface area (Å²) >= 11 is 1.53. The lowest BCUT2D eigenvalue weighted by Gasteiger charge is -2.58. The molecule has 10 heterocycles. The number of rotatable bonds is 12. The number of benzene rings is 1. The third-order valence-electron chi connectivity index (χ3n) is 17.7. The van der Waals surface area contributed by atoms with Crippen molar-refractivity contribution >= 4 is 45.7 Å². The number of likely N-dealkylation sites (tertiary alicyclic amines) is 2. The highest BCUT2D eigenvalue weighted by atomic mass is 32.1. The highest BCUT2D eigenvalue weighted by molar-refractivity contribution is 7.10. The number of nitrogens with zero attached hydrogens (tertiary/aromatic N) is 8. The smallest absolute Gasteiger partial charge is 0.324 e. The highest BCUT2D eigenvalue weighted by Gasteiger charge is 2.55. The second-order valence-electron chi connectivity index (χ2n) is 24.0. The van der Waals surface area contributed by atoms with Crippen LogP contribution in [0.15, 0.2) is 35.8 Å². The second kappa shape index (κ2) is 21.6. The van der Waals surface area contributed by atoms with Gasteiger partial charge in [-0.1, -0.05) is 19.9 Å². The van der Waals surface area contributed by atoms with Crippen molar-refractivity contribution in [2.75, 3.05) is 111 Å². The number of thiazole rings is 1. The van der Waals surface area contributed by atoms with Gasteiger partial charge < -0.3 is 38.5 Å². The average molecular weight is 1060 g/mol. The molecule has 7 fully saturated rings. The van der Waals surface area contributed by atoms with Crippen LogP contribution in [0.25, 0.3) is 33.4 Å². The van der Waals surface area contributed by atoms with E-state index in [0.29, 0.717) is 78.5 Å². The zero-order chi connectivity index (χ0) is 52.3. The van der Waals surface area contributed by atoms with Gasteiger partial charge in [0.25, 0.3) is 5.91 Å². The number of methoxy groups -OCH3 is 1. The van der Waals surface area contributed by atoms with E-state index in [4.69, 9.17) is 33.7 Å². The van der Waals surface area contributed by atoms with Gasteiger partial charge in [-0.25, -0.2) is 10.4 Å². The van der Waals surface area contributed by atoms with Crippen molar-refractivity contribution in [1.82, 2.24) is 45.0 Å². The normalized spacial score (nSPS) is 27.3. The van der Waals surface area contributed by atoms with Crippen LogP contribution in [-0.2, 0) is 51.0 Å². The van der Waals surface area contributed by atoms with E-state index in [2.05, 4.69) is 85.3 Å². The standard InChI is InChI=1S/C57H78N10O8S/c1-36(71-5)48-42(27-39(29-58-48)64-20-18-63(19-21-64)38-11-12-38)50-43-28-56(2,3)33-75-55(70)44-8-6-17-67(61-44)54(69)49(60-52(68)47-9-7-16-62(47)4)51(65-31-57(32-65)34-73-35-57)53-59-45(30-76-53)37-10-13-46(41(43)26-37)66(50)22-25-74-40-14-23-72-24-15-40/h10,13,26-27,29-30,36,38,40,44,47,49,51,61H,6-9,11-12,14-25,28,31-35H2,1-5H3,(H,60,68)/t36-,44-,47-,49-,51-/m0/s1. The lowest BCUT2D eigenvalue weighted by molar-refractivity contribution is -0.202. The summed E-state index contributed by atoms with van der Waals surface area (Å²) in [5.74, 6) is -0.862. The number of amides is 2. The van der Waals surface area contributed by atoms with E-state index in [0.717, 1.165) is 120 Å². The predicted molar refractivity (Wildman–Crippen MR) is 290 cm³/mol. The number of cyclic esters (lactones) is 1. The maximum absolute atomic E-state index is 15.3. The number of aromatic nitrogens is 3. The number of esters is 1. The number of nitrogens with one attached hydrogen (secondary N) is 2. The summed E-state index contributed by atoms with van der Waals surface area (Å²) < 4.78 is 33.0. The number of hydrazine groups is 1. The molecule has 19 heteroatoms. The molecule has 12 rings (SSSR count). The molecule has 7 aliphatic heterocycles. The Morgan fingerprint density at radius 1 is 0.947 bits per heavy atom. The van der Waals surface area contributed by atoms with Crippen LogP contribution in [0, 0.1) is 10.8 Å². The molecule has 6 saturated heterocycles. The molecule has 8 aliphatic rings. The molecule has 1 aliphatic carbocycles. The molecule has 410 valence electrons. The minimum atomic E-state index is -0.983. The van der Waals surface area contributed by atoms with Gasteiger partial charge in [0.2, 0.25) is 5.91 Å². The van der Waals surface area contributed by atoms with Crippen LogP contribution >= 0.6 is 11.3 Å². The van der Waals surface area contributed by atoms with Crippen molar-refractivity contribution in [2.45, 2.75) is 128 Å². The largest absolute Gasteiger partial charge is 0.464 e. The fourth-order valence-electron chi connectivity index (χ4n) is 13.1. The topological polar surface area (TPSA) is 168 Å². The van der Waals surface area contributed by atoms with Gasteiger partial charge in [-0.3, -0.25) is 39.1 Å². The number of carbonyl (C=O) groups is 3. The molecular formula is C57H78N10O8S. The number of pyridine rings is 1. The molecule has 2 amide bonds. The second-order valence-corrected chi connectivity index (χ2v) is 24.8. The number of carbonyl (C=O) groups excluding carboxylic acids is 3. The van der Waals surface area contributed by atoms with Gasteiger partial charge in [-0.2, -0.15) is 0 Å². The number of piperazine rings is 1. The first kappa shape index (κ1) is 52.1. The molecule has 3 aromatic heterocycles. The Balaban J connectivity index is 1.00. The monoisotopic (exact) mass is 1060 g/mol. The van der Waals surface area contributed by atoms with E-state index in [1.165, 1.54) is 24.2 Å². The molecular weight excluding hydrogens is 985 g/mol. The molecule has 1 saturated carbocycles. The Morgan fingerprint density at radius 2 is 1.74 bits per heavy atom. The first-order valence-corrected chi connectivity index (χ1v) is 29.1. The molecule has 0 radical (unpaired) electrons. The Bertz CT molecular complexity index is 2770. The molecule has 6 bridgehead atoms. The first-order chi connectivity index (χ1) is 36.8. The number of likely N-dealkylation sites (N-methyl/N-ethyl adjacent to an activating group) is 1. The number of hydrogen-bond acceptors (Lipinski definition) is 16. The Morgan fingerprint density at radius 3 is 2.46 bits per heavy atom. The molecule has 1 spiro atoms. The number of fused-ring (bicyclic) bond motifs is 6. The number of ether oxygens (including phenoxy) is 5. The summed E-state index contributed by atoms with van der Waals surface area (Å²) in [5.41, 5.74) is 10.7. The van der Waals surface area contributed by atoms with Crippen LogP contribution < -0.4 is 15.6 Å². The minimum absolute atomic E-state index is 0.0184. The van der Waals surface area contributed by atoms with Crippen LogP contribution in [0.5, 0.6) is 0 Å². The van der Waals surface area contributed by atoms with E-state index >= 15 is 4.79 Å². The molecule has 1 aromatic carbocycles. The van der Waals surface area contributed by atoms with Crippen molar-refractivity contribution in [3.63, 3.8) is 0 Å². The van der Waals surface area contributed by atoms with Crippen LogP contribution in [-0.4, -0.2) is 188 Å². The van der Waals surface area contributed by atoms with Crippen molar-refractivity contribution in [1.29, 1.82) is 0 Å². The maximum Gasteiger partial charge on any atom is 0.324 e. The van der Waals surface area contributed by atoms with Gasteiger partial charge in [0.15, 0.2) is 0 Å². The van der Waals surface area contributed by atoms with Gasteiger partial charge in [-0.15, -0.1) is 11.3 Å². The minimum Gasteiger partial charge on any atom is -0.464 e. The Hall–Kier alpha value is -4.57. The number of anilines is 1. The van der Waals surface area contributed by atoms with E-state index in [-0.39, 0.29) is 42.1 Å². The highest BCUT2D eigenvalue weighted by Crippen LogP contribution is 2.47. The zero-order valence-corrected chi connectivity index (χ0v) is 46.0. The van der Waals surface area contributed by atoms with Gasteiger partial charge in [0.1, 0.15) is 17.1 Å². The molecule has 0 unspecified atom stereocenters. The van der Waals surface area contributed by atoms with E-state index < -0.39 is 29.5 Å². The third-order valence-corrected chi connectivity index (χ3v) is 18.6. The van der Waals surface area contributed by atoms with Crippen molar-refractivity contribution in [3.05, 3.63) is 52.1 Å². The van der Waals surface area contributed by atoms with Gasteiger partial charge >= 0.3 is 5.97 Å². The molecule has 76 heavy (non-hydrogen) atoms. The Labute approximate surface area is 451 Å². The lowest BCUT2D eigenvalue weighted by atomic mass is 9.76. The molecule has 18 nitrogen and oxygen atoms in total. The van der Waals surface area contributed by atoms with Crippen LogP contribution in [0.4, 0.5) is 5.69 Å². The molecule has 5 atom stereocenters. The molecule has 2 N–H and O–H groups in total. The third kappa shape index (κ3) is 10.4. The predicted octanol–water partition coefficient (Wildman–Crippen LogP) is 5.59. The molecule has 4 aromatic rings. The summed E-state index contributed by atoms with van der Waals surface area (Å²) in [6.45, 7) is 17.0. The van der Waals surface area contributed by atoms with Gasteiger partial charge in [0, 0.05) is 117 Å². The van der Waals surface area contributed by atoms with E-state index in [1.807, 2.05) is 13.2 Å². The summed E-state index contributed by atoms with van der Waals surface area (Å²) in [6, 6.07) is 7.09. The summed E-state index contributed by atoms with van der Waals surface area (Å²) in [5, 5.41) is 8.80. The number of hydrogen-bond donors (Lipinski definition) is 2. The quantitative estimate of drug-likeness (QED) is 0.169. The lowest BCUT2D eigenvalue weighted by Crippen LogP contribution is -2.70. The zero-order valence-electron chi connectivity index (χ0n) is 45.2. The summed E-state index contributed by atoms with van der Waals surface area (Å²) in [6.07, 6.45) is 9.48. The average Bonchev–Trinajstić information content (AvgIpc) is 3.96. The van der Waals surface area contributed by atoms with Gasteiger partial charge in [0.05, 0.1) is 79.7 Å². The van der Waals surface area contributed by atoms with E-state index in [9.17, 15) is 9.59 Å². The Kier molecular flexibility index (Phi) is 14.8. The van der Waals surface area contributed by atoms with Crippen molar-refractivity contribution in [3.8, 4) is 22.5 Å². The van der Waals surface area contributed by atoms with Crippen LogP contribution in [0.2, 0.25) is 0 Å². The maximum atomic E-state index is 15.3. The fraction of sp³-hybridized carbons (Fsp3) is 0.667. The van der Waals surface area contributed by atoms with Crippen LogP contribution in [0.1, 0.15) is 101 Å². The van der Waals surface area contributed by atoms with Crippen molar-refractivity contribution < 1.29 is 38.1 Å². The SMILES string of the molecule is CO[C@@H](C)c1ncc(N2CCN(C3CC3)CC2)cc1-c1c2c3cc(ccc3n1CCOC1CCOCC1)-c1csc(n1)[C@@H](N1CC3(COC3)C1)[C@H](NC(=O)[C@@H]1CCCN1C)C(=O)N1CCC[C@H](N1)C(=O)OCC(C)(C)C2.